The zero-order valence-electron chi connectivity index (χ0n) is 17.9. The summed E-state index contributed by atoms with van der Waals surface area (Å²) in [6.07, 6.45) is 1.54. The van der Waals surface area contributed by atoms with E-state index >= 15 is 0 Å². The number of nitrogens with one attached hydrogen (secondary N) is 1. The van der Waals surface area contributed by atoms with Gasteiger partial charge in [-0.3, -0.25) is 14.5 Å². The van der Waals surface area contributed by atoms with Gasteiger partial charge in [-0.2, -0.15) is 0 Å². The summed E-state index contributed by atoms with van der Waals surface area (Å²) in [6.45, 7) is 8.04. The van der Waals surface area contributed by atoms with E-state index < -0.39 is 11.1 Å². The van der Waals surface area contributed by atoms with Gasteiger partial charge in [0.05, 0.1) is 18.0 Å². The van der Waals surface area contributed by atoms with Crippen LogP contribution in [0.2, 0.25) is 0 Å². The molecule has 2 heterocycles. The molecule has 1 aromatic rings. The lowest BCUT2D eigenvalue weighted by atomic mass is 9.89. The SMILES string of the molecule is CC1(C)CC(=O)N(C[C@H]2CC2C(=O)N[C@H]2CC(C)(C)Oc3ccc(F)cc32)C(N)=N1. The summed E-state index contributed by atoms with van der Waals surface area (Å²) in [7, 11) is 0. The Labute approximate surface area is 175 Å². The van der Waals surface area contributed by atoms with Gasteiger partial charge in [0, 0.05) is 24.4 Å². The molecule has 3 aliphatic rings. The Bertz CT molecular complexity index is 927. The van der Waals surface area contributed by atoms with Crippen molar-refractivity contribution in [1.82, 2.24) is 10.2 Å². The Morgan fingerprint density at radius 2 is 2.10 bits per heavy atom. The molecule has 3 atom stereocenters. The second-order valence-corrected chi connectivity index (χ2v) is 9.88. The fraction of sp³-hybridized carbons (Fsp3) is 0.591. The van der Waals surface area contributed by atoms with Crippen LogP contribution in [0, 0.1) is 17.7 Å². The average Bonchev–Trinajstić information content (AvgIpc) is 3.37. The molecule has 0 saturated heterocycles. The number of fused-ring (bicyclic) bond motifs is 1. The lowest BCUT2D eigenvalue weighted by molar-refractivity contribution is -0.130. The maximum absolute atomic E-state index is 13.8. The molecule has 3 N–H and O–H groups in total. The van der Waals surface area contributed by atoms with Gasteiger partial charge in [0.1, 0.15) is 17.2 Å². The summed E-state index contributed by atoms with van der Waals surface area (Å²) in [6, 6.07) is 4.07. The van der Waals surface area contributed by atoms with Gasteiger partial charge in [0.2, 0.25) is 11.8 Å². The van der Waals surface area contributed by atoms with Crippen LogP contribution in [0.25, 0.3) is 0 Å². The van der Waals surface area contributed by atoms with Crippen LogP contribution in [0.5, 0.6) is 5.75 Å². The fourth-order valence-corrected chi connectivity index (χ4v) is 4.44. The molecule has 162 valence electrons. The van der Waals surface area contributed by atoms with Crippen molar-refractivity contribution in [3.05, 3.63) is 29.6 Å². The summed E-state index contributed by atoms with van der Waals surface area (Å²) in [4.78, 5) is 31.2. The van der Waals surface area contributed by atoms with Crippen LogP contribution in [-0.4, -0.2) is 40.4 Å². The van der Waals surface area contributed by atoms with E-state index in [4.69, 9.17) is 10.5 Å². The van der Waals surface area contributed by atoms with E-state index in [0.29, 0.717) is 37.1 Å². The van der Waals surface area contributed by atoms with Crippen molar-refractivity contribution in [2.45, 2.75) is 64.1 Å². The molecule has 2 aliphatic heterocycles. The lowest BCUT2D eigenvalue weighted by Gasteiger charge is -2.38. The first-order chi connectivity index (χ1) is 13.9. The second-order valence-electron chi connectivity index (χ2n) is 9.88. The number of nitrogens with zero attached hydrogens (tertiary/aromatic N) is 2. The number of hydrogen-bond donors (Lipinski definition) is 2. The third kappa shape index (κ3) is 4.13. The molecular formula is C22H29FN4O3. The van der Waals surface area contributed by atoms with Gasteiger partial charge in [-0.05, 0) is 58.2 Å². The minimum Gasteiger partial charge on any atom is -0.487 e. The Kier molecular flexibility index (Phi) is 4.78. The van der Waals surface area contributed by atoms with E-state index in [9.17, 15) is 14.0 Å². The Balaban J connectivity index is 1.42. The van der Waals surface area contributed by atoms with Gasteiger partial charge in [-0.1, -0.05) is 0 Å². The van der Waals surface area contributed by atoms with E-state index in [1.807, 2.05) is 27.7 Å². The number of rotatable bonds is 4. The number of ether oxygens (including phenoxy) is 1. The van der Waals surface area contributed by atoms with Crippen molar-refractivity contribution in [3.8, 4) is 5.75 Å². The minimum atomic E-state index is -0.490. The Morgan fingerprint density at radius 1 is 1.37 bits per heavy atom. The normalized spacial score (nSPS) is 28.8. The third-order valence-electron chi connectivity index (χ3n) is 6.00. The summed E-state index contributed by atoms with van der Waals surface area (Å²) >= 11 is 0. The van der Waals surface area contributed by atoms with Gasteiger partial charge in [0.15, 0.2) is 5.96 Å². The topological polar surface area (TPSA) is 97.0 Å². The molecule has 2 amide bonds. The van der Waals surface area contributed by atoms with Crippen LogP contribution >= 0.6 is 0 Å². The maximum Gasteiger partial charge on any atom is 0.231 e. The van der Waals surface area contributed by atoms with Crippen molar-refractivity contribution in [3.63, 3.8) is 0 Å². The smallest absolute Gasteiger partial charge is 0.231 e. The van der Waals surface area contributed by atoms with Crippen molar-refractivity contribution in [2.24, 2.45) is 22.6 Å². The third-order valence-corrected chi connectivity index (χ3v) is 6.00. The Hall–Kier alpha value is -2.64. The van der Waals surface area contributed by atoms with Gasteiger partial charge >= 0.3 is 0 Å². The van der Waals surface area contributed by atoms with Crippen molar-refractivity contribution in [2.75, 3.05) is 6.54 Å². The number of aliphatic imine (C=N–C) groups is 1. The monoisotopic (exact) mass is 416 g/mol. The van der Waals surface area contributed by atoms with Gasteiger partial charge in [-0.15, -0.1) is 0 Å². The van der Waals surface area contributed by atoms with E-state index in [0.717, 1.165) is 0 Å². The number of amides is 2. The van der Waals surface area contributed by atoms with E-state index in [1.165, 1.54) is 17.0 Å². The minimum absolute atomic E-state index is 0.0451. The highest BCUT2D eigenvalue weighted by molar-refractivity contribution is 5.99. The molecule has 4 rings (SSSR count). The fourth-order valence-electron chi connectivity index (χ4n) is 4.44. The number of carbonyl (C=O) groups is 2. The lowest BCUT2D eigenvalue weighted by Crippen LogP contribution is -2.50. The van der Waals surface area contributed by atoms with Gasteiger partial charge in [0.25, 0.3) is 0 Å². The van der Waals surface area contributed by atoms with E-state index in [-0.39, 0.29) is 41.5 Å². The number of carbonyl (C=O) groups excluding carboxylic acids is 2. The van der Waals surface area contributed by atoms with E-state index in [1.54, 1.807) is 6.07 Å². The summed E-state index contributed by atoms with van der Waals surface area (Å²) in [5, 5.41) is 3.07. The number of halogens is 1. The van der Waals surface area contributed by atoms with Crippen molar-refractivity contribution < 1.29 is 18.7 Å². The molecular weight excluding hydrogens is 387 g/mol. The molecule has 1 unspecified atom stereocenters. The predicted molar refractivity (Wildman–Crippen MR) is 110 cm³/mol. The first kappa shape index (κ1) is 20.6. The molecule has 0 radical (unpaired) electrons. The van der Waals surface area contributed by atoms with Crippen LogP contribution in [-0.2, 0) is 9.59 Å². The number of guanidine groups is 1. The zero-order valence-corrected chi connectivity index (χ0v) is 17.9. The first-order valence-electron chi connectivity index (χ1n) is 10.4. The highest BCUT2D eigenvalue weighted by Gasteiger charge is 2.47. The highest BCUT2D eigenvalue weighted by atomic mass is 19.1. The molecule has 1 saturated carbocycles. The molecule has 0 aromatic heterocycles. The summed E-state index contributed by atoms with van der Waals surface area (Å²) in [5.74, 6) is 0.162. The largest absolute Gasteiger partial charge is 0.487 e. The molecule has 7 nitrogen and oxygen atoms in total. The van der Waals surface area contributed by atoms with Gasteiger partial charge < -0.3 is 15.8 Å². The van der Waals surface area contributed by atoms with Crippen LogP contribution in [0.1, 0.15) is 58.6 Å². The first-order valence-corrected chi connectivity index (χ1v) is 10.4. The van der Waals surface area contributed by atoms with E-state index in [2.05, 4.69) is 10.3 Å². The van der Waals surface area contributed by atoms with Crippen LogP contribution in [0.15, 0.2) is 23.2 Å². The predicted octanol–water partition coefficient (Wildman–Crippen LogP) is 2.51. The molecule has 0 bridgehead atoms. The van der Waals surface area contributed by atoms with Crippen molar-refractivity contribution in [1.29, 1.82) is 0 Å². The zero-order chi connectivity index (χ0) is 21.8. The molecule has 30 heavy (non-hydrogen) atoms. The standard InChI is InChI=1S/C22H29FN4O3/c1-21(2)10-18(28)27(20(24)26-21)11-12-7-14(12)19(29)25-16-9-22(3,4)30-17-6-5-13(23)8-15(16)17/h5-6,8,12,14,16H,7,9-11H2,1-4H3,(H2,24,26)(H,25,29)/t12-,14?,16+/m1/s1. The maximum atomic E-state index is 13.8. The van der Waals surface area contributed by atoms with Crippen LogP contribution in [0.4, 0.5) is 4.39 Å². The van der Waals surface area contributed by atoms with Crippen LogP contribution in [0.3, 0.4) is 0 Å². The van der Waals surface area contributed by atoms with Gasteiger partial charge in [-0.25, -0.2) is 9.38 Å². The highest BCUT2D eigenvalue weighted by Crippen LogP contribution is 2.43. The average molecular weight is 416 g/mol. The number of nitrogens with two attached hydrogens (primary N) is 1. The molecule has 1 aliphatic carbocycles. The summed E-state index contributed by atoms with van der Waals surface area (Å²) < 4.78 is 19.7. The Morgan fingerprint density at radius 3 is 2.80 bits per heavy atom. The van der Waals surface area contributed by atoms with Crippen molar-refractivity contribution >= 4 is 17.8 Å². The quantitative estimate of drug-likeness (QED) is 0.788. The number of hydrogen-bond acceptors (Lipinski definition) is 5. The molecule has 1 fully saturated rings. The second kappa shape index (κ2) is 6.96. The molecule has 1 aromatic carbocycles. The molecule has 8 heteroatoms. The van der Waals surface area contributed by atoms with Crippen LogP contribution < -0.4 is 15.8 Å². The molecule has 0 spiro atoms. The summed E-state index contributed by atoms with van der Waals surface area (Å²) in [5.41, 5.74) is 5.69. The number of benzene rings is 1.